The minimum Gasteiger partial charge on any atom is -0.478 e. The molecule has 0 bridgehead atoms. The maximum Gasteiger partial charge on any atom is 0.279 e. The second-order valence-electron chi connectivity index (χ2n) is 6.07. The number of halogens is 1. The number of hydrogen-bond donors (Lipinski definition) is 2. The molecule has 0 aliphatic rings. The van der Waals surface area contributed by atoms with Gasteiger partial charge in [0, 0.05) is 17.1 Å². The zero-order chi connectivity index (χ0) is 19.8. The fourth-order valence-electron chi connectivity index (χ4n) is 2.14. The number of hydrazine groups is 1. The molecule has 2 aromatic rings. The summed E-state index contributed by atoms with van der Waals surface area (Å²) < 4.78 is 18.8. The summed E-state index contributed by atoms with van der Waals surface area (Å²) in [4.78, 5) is 24.9. The van der Waals surface area contributed by atoms with Crippen LogP contribution in [0.1, 0.15) is 24.5 Å². The first-order chi connectivity index (χ1) is 12.9. The van der Waals surface area contributed by atoms with E-state index in [9.17, 15) is 14.0 Å². The van der Waals surface area contributed by atoms with Gasteiger partial charge in [0.1, 0.15) is 0 Å². The molecular formula is C20H23FN2O3S. The van der Waals surface area contributed by atoms with Crippen LogP contribution in [0.5, 0.6) is 5.75 Å². The van der Waals surface area contributed by atoms with Gasteiger partial charge in [-0.1, -0.05) is 18.2 Å². The number of aryl methyl sites for hydroxylation is 2. The van der Waals surface area contributed by atoms with Gasteiger partial charge in [-0.15, -0.1) is 11.8 Å². The topological polar surface area (TPSA) is 67.4 Å². The Balaban J connectivity index is 1.70. The van der Waals surface area contributed by atoms with Gasteiger partial charge in [0.25, 0.3) is 5.91 Å². The third-order valence-electron chi connectivity index (χ3n) is 3.91. The van der Waals surface area contributed by atoms with Gasteiger partial charge in [-0.05, 0) is 56.2 Å². The van der Waals surface area contributed by atoms with E-state index in [1.165, 1.54) is 36.2 Å². The van der Waals surface area contributed by atoms with E-state index in [-0.39, 0.29) is 18.1 Å². The van der Waals surface area contributed by atoms with E-state index < -0.39 is 17.8 Å². The first-order valence-corrected chi connectivity index (χ1v) is 9.55. The number of nitrogens with one attached hydrogen (secondary N) is 2. The van der Waals surface area contributed by atoms with E-state index in [2.05, 4.69) is 29.9 Å². The van der Waals surface area contributed by atoms with Crippen molar-refractivity contribution in [1.29, 1.82) is 0 Å². The summed E-state index contributed by atoms with van der Waals surface area (Å²) in [5, 5.41) is 0. The molecule has 0 saturated carbocycles. The highest BCUT2D eigenvalue weighted by molar-refractivity contribution is 7.99. The Morgan fingerprint density at radius 3 is 2.56 bits per heavy atom. The molecule has 0 aromatic heterocycles. The molecular weight excluding hydrogens is 367 g/mol. The van der Waals surface area contributed by atoms with Crippen LogP contribution >= 0.6 is 11.8 Å². The molecule has 0 radical (unpaired) electrons. The van der Waals surface area contributed by atoms with E-state index >= 15 is 0 Å². The van der Waals surface area contributed by atoms with Crippen LogP contribution in [0, 0.1) is 19.7 Å². The standard InChI is InChI=1S/C20H23FN2O3S/c1-13-8-9-16(12-14(13)2)27-11-10-19(24)22-23-20(25)15(3)26-18-7-5-4-6-17(18)21/h4-9,12,15H,10-11H2,1-3H3,(H,22,24)(H,23,25). The first kappa shape index (κ1) is 20.8. The Morgan fingerprint density at radius 2 is 1.85 bits per heavy atom. The molecule has 1 atom stereocenters. The van der Waals surface area contributed by atoms with E-state index in [1.807, 2.05) is 13.0 Å². The number of carbonyl (C=O) groups excluding carboxylic acids is 2. The molecule has 0 fully saturated rings. The average Bonchev–Trinajstić information content (AvgIpc) is 2.64. The van der Waals surface area contributed by atoms with Crippen molar-refractivity contribution in [2.75, 3.05) is 5.75 Å². The number of ether oxygens (including phenoxy) is 1. The Morgan fingerprint density at radius 1 is 1.11 bits per heavy atom. The Bertz CT molecular complexity index is 814. The molecule has 27 heavy (non-hydrogen) atoms. The number of carbonyl (C=O) groups is 2. The SMILES string of the molecule is Cc1ccc(SCCC(=O)NNC(=O)C(C)Oc2ccccc2F)cc1C. The normalized spacial score (nSPS) is 11.6. The molecule has 144 valence electrons. The van der Waals surface area contributed by atoms with Crippen molar-refractivity contribution in [3.8, 4) is 5.75 Å². The molecule has 0 aliphatic heterocycles. The van der Waals surface area contributed by atoms with Crippen molar-refractivity contribution in [3.63, 3.8) is 0 Å². The molecule has 2 rings (SSSR count). The van der Waals surface area contributed by atoms with Crippen LogP contribution < -0.4 is 15.6 Å². The summed E-state index contributed by atoms with van der Waals surface area (Å²) in [6, 6.07) is 12.0. The minimum atomic E-state index is -0.952. The zero-order valence-corrected chi connectivity index (χ0v) is 16.4. The molecule has 0 saturated heterocycles. The minimum absolute atomic E-state index is 0.0173. The smallest absolute Gasteiger partial charge is 0.279 e. The van der Waals surface area contributed by atoms with Gasteiger partial charge in [-0.2, -0.15) is 0 Å². The van der Waals surface area contributed by atoms with Crippen LogP contribution in [0.25, 0.3) is 0 Å². The number of amides is 2. The number of hydrogen-bond acceptors (Lipinski definition) is 4. The predicted octanol–water partition coefficient (Wildman–Crippen LogP) is 3.54. The van der Waals surface area contributed by atoms with Gasteiger partial charge < -0.3 is 4.74 Å². The fraction of sp³-hybridized carbons (Fsp3) is 0.300. The first-order valence-electron chi connectivity index (χ1n) is 8.56. The molecule has 2 aromatic carbocycles. The largest absolute Gasteiger partial charge is 0.478 e. The van der Waals surface area contributed by atoms with Crippen molar-refractivity contribution in [2.45, 2.75) is 38.2 Å². The molecule has 5 nitrogen and oxygen atoms in total. The highest BCUT2D eigenvalue weighted by Gasteiger charge is 2.17. The fourth-order valence-corrected chi connectivity index (χ4v) is 3.09. The van der Waals surface area contributed by atoms with Gasteiger partial charge in [-0.25, -0.2) is 4.39 Å². The van der Waals surface area contributed by atoms with Gasteiger partial charge in [0.05, 0.1) is 0 Å². The summed E-state index contributed by atoms with van der Waals surface area (Å²) in [6.07, 6.45) is -0.701. The van der Waals surface area contributed by atoms with Crippen molar-refractivity contribution in [2.24, 2.45) is 0 Å². The highest BCUT2D eigenvalue weighted by atomic mass is 32.2. The summed E-state index contributed by atoms with van der Waals surface area (Å²) >= 11 is 1.58. The number of thioether (sulfide) groups is 1. The maximum absolute atomic E-state index is 13.5. The van der Waals surface area contributed by atoms with Crippen LogP contribution in [0.2, 0.25) is 0 Å². The monoisotopic (exact) mass is 390 g/mol. The summed E-state index contributed by atoms with van der Waals surface area (Å²) in [6.45, 7) is 5.58. The van der Waals surface area contributed by atoms with Gasteiger partial charge >= 0.3 is 0 Å². The third-order valence-corrected chi connectivity index (χ3v) is 4.91. The second kappa shape index (κ2) is 9.97. The van der Waals surface area contributed by atoms with Crippen LogP contribution in [-0.2, 0) is 9.59 Å². The highest BCUT2D eigenvalue weighted by Crippen LogP contribution is 2.21. The Kier molecular flexibility index (Phi) is 7.67. The average molecular weight is 390 g/mol. The number of rotatable bonds is 7. The van der Waals surface area contributed by atoms with Crippen molar-refractivity contribution in [3.05, 3.63) is 59.4 Å². The van der Waals surface area contributed by atoms with Crippen LogP contribution in [0.4, 0.5) is 4.39 Å². The van der Waals surface area contributed by atoms with E-state index in [1.54, 1.807) is 17.8 Å². The van der Waals surface area contributed by atoms with Crippen molar-refractivity contribution in [1.82, 2.24) is 10.9 Å². The van der Waals surface area contributed by atoms with Gasteiger partial charge in [0.15, 0.2) is 17.7 Å². The van der Waals surface area contributed by atoms with Gasteiger partial charge in [0.2, 0.25) is 5.91 Å². The van der Waals surface area contributed by atoms with Gasteiger partial charge in [-0.3, -0.25) is 20.4 Å². The molecule has 0 heterocycles. The second-order valence-corrected chi connectivity index (χ2v) is 7.24. The molecule has 0 aliphatic carbocycles. The van der Waals surface area contributed by atoms with Crippen LogP contribution in [0.15, 0.2) is 47.4 Å². The lowest BCUT2D eigenvalue weighted by Crippen LogP contribution is -2.47. The van der Waals surface area contributed by atoms with Crippen LogP contribution in [0.3, 0.4) is 0 Å². The van der Waals surface area contributed by atoms with E-state index in [0.717, 1.165) is 4.90 Å². The third kappa shape index (κ3) is 6.60. The lowest BCUT2D eigenvalue weighted by atomic mass is 10.1. The number of para-hydroxylation sites is 1. The van der Waals surface area contributed by atoms with Crippen molar-refractivity contribution < 1.29 is 18.7 Å². The van der Waals surface area contributed by atoms with E-state index in [0.29, 0.717) is 5.75 Å². The lowest BCUT2D eigenvalue weighted by Gasteiger charge is -2.15. The summed E-state index contributed by atoms with van der Waals surface area (Å²) in [5.41, 5.74) is 7.07. The van der Waals surface area contributed by atoms with Crippen LogP contribution in [-0.4, -0.2) is 23.7 Å². The Hall–Kier alpha value is -2.54. The summed E-state index contributed by atoms with van der Waals surface area (Å²) in [5.74, 6) is -0.849. The molecule has 0 spiro atoms. The Labute approximate surface area is 162 Å². The maximum atomic E-state index is 13.5. The van der Waals surface area contributed by atoms with E-state index in [4.69, 9.17) is 4.74 Å². The predicted molar refractivity (Wildman–Crippen MR) is 104 cm³/mol. The quantitative estimate of drug-likeness (QED) is 0.561. The lowest BCUT2D eigenvalue weighted by molar-refractivity contribution is -0.132. The summed E-state index contributed by atoms with van der Waals surface area (Å²) in [7, 11) is 0. The molecule has 2 N–H and O–H groups in total. The zero-order valence-electron chi connectivity index (χ0n) is 15.5. The molecule has 7 heteroatoms. The van der Waals surface area contributed by atoms with Crippen molar-refractivity contribution >= 4 is 23.6 Å². The number of benzene rings is 2. The molecule has 2 amide bonds. The molecule has 1 unspecified atom stereocenters.